The van der Waals surface area contributed by atoms with Crippen LogP contribution in [0.3, 0.4) is 0 Å². The van der Waals surface area contributed by atoms with Gasteiger partial charge in [0.25, 0.3) is 11.5 Å². The van der Waals surface area contributed by atoms with Gasteiger partial charge in [-0.2, -0.15) is 0 Å². The highest BCUT2D eigenvalue weighted by Gasteiger charge is 2.19. The molecule has 0 spiro atoms. The van der Waals surface area contributed by atoms with Crippen LogP contribution in [0.1, 0.15) is 36.7 Å². The molecule has 0 saturated carbocycles. The van der Waals surface area contributed by atoms with Crippen LogP contribution < -0.4 is 20.3 Å². The third-order valence-electron chi connectivity index (χ3n) is 5.02. The van der Waals surface area contributed by atoms with Crippen molar-refractivity contribution >= 4 is 22.4 Å². The Hall–Kier alpha value is -3.28. The number of aromatic nitrogens is 1. The molecule has 0 aliphatic rings. The molecule has 0 saturated heterocycles. The molecule has 6 nitrogen and oxygen atoms in total. The van der Waals surface area contributed by atoms with E-state index in [9.17, 15) is 9.59 Å². The van der Waals surface area contributed by atoms with Crippen LogP contribution in [0, 0.1) is 5.92 Å². The van der Waals surface area contributed by atoms with E-state index in [-0.39, 0.29) is 17.4 Å². The number of aryl methyl sites for hydroxylation is 1. The van der Waals surface area contributed by atoms with Gasteiger partial charge in [-0.3, -0.25) is 9.59 Å². The van der Waals surface area contributed by atoms with Crippen molar-refractivity contribution in [2.24, 2.45) is 5.92 Å². The average Bonchev–Trinajstić information content (AvgIpc) is 2.74. The number of carbonyl (C=O) groups excluding carboxylic acids is 1. The van der Waals surface area contributed by atoms with Gasteiger partial charge in [-0.15, -0.1) is 0 Å². The fraction of sp³-hybridized carbons (Fsp3) is 0.333. The summed E-state index contributed by atoms with van der Waals surface area (Å²) in [5, 5.41) is 3.89. The van der Waals surface area contributed by atoms with Crippen LogP contribution in [0.5, 0.6) is 11.5 Å². The Bertz CT molecular complexity index is 1110. The van der Waals surface area contributed by atoms with Crippen LogP contribution in [0.4, 0.5) is 5.69 Å². The third-order valence-corrected chi connectivity index (χ3v) is 5.02. The molecule has 0 aliphatic carbocycles. The Morgan fingerprint density at radius 3 is 2.17 bits per heavy atom. The van der Waals surface area contributed by atoms with E-state index >= 15 is 0 Å². The number of pyridine rings is 1. The molecule has 3 rings (SSSR count). The highest BCUT2D eigenvalue weighted by atomic mass is 16.5. The molecule has 30 heavy (non-hydrogen) atoms. The Balaban J connectivity index is 2.15. The van der Waals surface area contributed by atoms with Crippen molar-refractivity contribution in [3.63, 3.8) is 0 Å². The zero-order valence-electron chi connectivity index (χ0n) is 18.1. The van der Waals surface area contributed by atoms with Gasteiger partial charge in [-0.1, -0.05) is 32.9 Å². The molecular formula is C24H28N2O4. The van der Waals surface area contributed by atoms with E-state index < -0.39 is 0 Å². The van der Waals surface area contributed by atoms with E-state index in [4.69, 9.17) is 9.47 Å². The summed E-state index contributed by atoms with van der Waals surface area (Å²) < 4.78 is 12.3. The maximum Gasteiger partial charge on any atom is 0.258 e. The smallest absolute Gasteiger partial charge is 0.258 e. The number of carbonyl (C=O) groups is 1. The van der Waals surface area contributed by atoms with Crippen molar-refractivity contribution in [2.75, 3.05) is 19.5 Å². The zero-order valence-corrected chi connectivity index (χ0v) is 18.1. The van der Waals surface area contributed by atoms with Gasteiger partial charge >= 0.3 is 0 Å². The zero-order chi connectivity index (χ0) is 21.8. The summed E-state index contributed by atoms with van der Waals surface area (Å²) in [6.07, 6.45) is 2.56. The lowest BCUT2D eigenvalue weighted by Crippen LogP contribution is -2.25. The summed E-state index contributed by atoms with van der Waals surface area (Å²) in [7, 11) is 3.05. The molecule has 0 atom stereocenters. The van der Waals surface area contributed by atoms with Gasteiger partial charge in [-0.05, 0) is 42.2 Å². The van der Waals surface area contributed by atoms with Gasteiger partial charge < -0.3 is 19.4 Å². The summed E-state index contributed by atoms with van der Waals surface area (Å²) in [5.74, 6) is 0.880. The minimum absolute atomic E-state index is 0.163. The lowest BCUT2D eigenvalue weighted by Gasteiger charge is -2.16. The van der Waals surface area contributed by atoms with Crippen molar-refractivity contribution in [3.8, 4) is 11.5 Å². The molecular weight excluding hydrogens is 380 g/mol. The first-order valence-electron chi connectivity index (χ1n) is 10.1. The molecule has 0 bridgehead atoms. The quantitative estimate of drug-likeness (QED) is 0.625. The summed E-state index contributed by atoms with van der Waals surface area (Å²) >= 11 is 0. The van der Waals surface area contributed by atoms with Crippen molar-refractivity contribution in [1.29, 1.82) is 0 Å². The first-order valence-corrected chi connectivity index (χ1v) is 10.1. The molecule has 0 unspecified atom stereocenters. The second kappa shape index (κ2) is 9.03. The Morgan fingerprint density at radius 1 is 1.03 bits per heavy atom. The lowest BCUT2D eigenvalue weighted by molar-refractivity contribution is 0.102. The number of benzene rings is 2. The summed E-state index contributed by atoms with van der Waals surface area (Å²) in [6, 6.07) is 11.1. The molecule has 1 N–H and O–H groups in total. The minimum Gasteiger partial charge on any atom is -0.493 e. The second-order valence-electron chi connectivity index (χ2n) is 7.65. The molecule has 6 heteroatoms. The van der Waals surface area contributed by atoms with Crippen molar-refractivity contribution in [2.45, 2.75) is 33.7 Å². The fourth-order valence-electron chi connectivity index (χ4n) is 3.45. The van der Waals surface area contributed by atoms with E-state index in [1.807, 2.05) is 38.1 Å². The number of nitrogens with zero attached hydrogens (tertiary/aromatic N) is 1. The highest BCUT2D eigenvalue weighted by molar-refractivity contribution is 6.13. The van der Waals surface area contributed by atoms with Crippen LogP contribution in [-0.4, -0.2) is 24.7 Å². The van der Waals surface area contributed by atoms with Crippen LogP contribution in [-0.2, 0) is 13.0 Å². The fourth-order valence-corrected chi connectivity index (χ4v) is 3.45. The minimum atomic E-state index is -0.283. The van der Waals surface area contributed by atoms with Gasteiger partial charge in [0, 0.05) is 23.8 Å². The van der Waals surface area contributed by atoms with Crippen molar-refractivity contribution in [1.82, 2.24) is 4.57 Å². The third kappa shape index (κ3) is 4.32. The monoisotopic (exact) mass is 408 g/mol. The number of fused-ring (bicyclic) bond motifs is 1. The lowest BCUT2D eigenvalue weighted by atomic mass is 10.0. The van der Waals surface area contributed by atoms with Crippen LogP contribution in [0.2, 0.25) is 0 Å². The van der Waals surface area contributed by atoms with Crippen LogP contribution in [0.25, 0.3) is 10.8 Å². The number of nitrogens with one attached hydrogen (secondary N) is 1. The molecule has 1 amide bonds. The average molecular weight is 408 g/mol. The molecule has 1 aromatic heterocycles. The van der Waals surface area contributed by atoms with E-state index in [1.54, 1.807) is 22.9 Å². The molecule has 2 aromatic carbocycles. The number of methoxy groups -OCH3 is 2. The van der Waals surface area contributed by atoms with Gasteiger partial charge in [0.15, 0.2) is 11.5 Å². The molecule has 0 radical (unpaired) electrons. The first-order chi connectivity index (χ1) is 14.4. The maximum atomic E-state index is 13.2. The van der Waals surface area contributed by atoms with Crippen molar-refractivity contribution in [3.05, 3.63) is 64.1 Å². The summed E-state index contributed by atoms with van der Waals surface area (Å²) in [4.78, 5) is 26.3. The SMILES string of the molecule is CCc1ccc(NC(=O)c2cn(CC(C)C)c(=O)c3cc(OC)c(OC)cc23)cc1. The summed E-state index contributed by atoms with van der Waals surface area (Å²) in [6.45, 7) is 6.65. The second-order valence-corrected chi connectivity index (χ2v) is 7.65. The number of hydrogen-bond donors (Lipinski definition) is 1. The van der Waals surface area contributed by atoms with Gasteiger partial charge in [0.05, 0.1) is 25.2 Å². The van der Waals surface area contributed by atoms with E-state index in [0.717, 1.165) is 6.42 Å². The Labute approximate surface area is 176 Å². The van der Waals surface area contributed by atoms with Gasteiger partial charge in [0.2, 0.25) is 0 Å². The number of ether oxygens (including phenoxy) is 2. The van der Waals surface area contributed by atoms with Crippen LogP contribution in [0.15, 0.2) is 47.4 Å². The molecule has 1 heterocycles. The van der Waals surface area contributed by atoms with E-state index in [0.29, 0.717) is 40.1 Å². The van der Waals surface area contributed by atoms with E-state index in [2.05, 4.69) is 12.2 Å². The Kier molecular flexibility index (Phi) is 6.45. The van der Waals surface area contributed by atoms with Gasteiger partial charge in [0.1, 0.15) is 0 Å². The number of hydrogen-bond acceptors (Lipinski definition) is 4. The molecule has 3 aromatic rings. The van der Waals surface area contributed by atoms with Crippen LogP contribution >= 0.6 is 0 Å². The molecule has 158 valence electrons. The predicted octanol–water partition coefficient (Wildman–Crippen LogP) is 4.49. The molecule has 0 aliphatic heterocycles. The predicted molar refractivity (Wildman–Crippen MR) is 120 cm³/mol. The largest absolute Gasteiger partial charge is 0.493 e. The first kappa shape index (κ1) is 21.4. The van der Waals surface area contributed by atoms with Gasteiger partial charge in [-0.25, -0.2) is 0 Å². The standard InChI is InChI=1S/C24H28N2O4/c1-6-16-7-9-17(10-8-16)25-23(27)20-14-26(13-15(2)3)24(28)19-12-22(30-5)21(29-4)11-18(19)20/h7-12,14-15H,6,13H2,1-5H3,(H,25,27). The Morgan fingerprint density at radius 2 is 1.63 bits per heavy atom. The maximum absolute atomic E-state index is 13.2. The topological polar surface area (TPSA) is 69.6 Å². The summed E-state index contributed by atoms with van der Waals surface area (Å²) in [5.41, 5.74) is 2.14. The van der Waals surface area contributed by atoms with E-state index in [1.165, 1.54) is 19.8 Å². The highest BCUT2D eigenvalue weighted by Crippen LogP contribution is 2.32. The number of amides is 1. The number of anilines is 1. The normalized spacial score (nSPS) is 11.0. The van der Waals surface area contributed by atoms with Crippen molar-refractivity contribution < 1.29 is 14.3 Å². The number of rotatable bonds is 7. The molecule has 0 fully saturated rings.